The van der Waals surface area contributed by atoms with Crippen LogP contribution in [0.3, 0.4) is 0 Å². The molecule has 536 valence electrons. The maximum Gasteiger partial charge on any atom is 0.410 e. The van der Waals surface area contributed by atoms with E-state index in [0.29, 0.717) is 112 Å². The van der Waals surface area contributed by atoms with Gasteiger partial charge in [-0.25, -0.2) is 19.0 Å². The number of aryl methyl sites for hydroxylation is 2. The summed E-state index contributed by atoms with van der Waals surface area (Å²) in [5.74, 6) is 5.28. The van der Waals surface area contributed by atoms with Gasteiger partial charge in [0.15, 0.2) is 34.5 Å². The summed E-state index contributed by atoms with van der Waals surface area (Å²) in [5.41, 5.74) is 6.68. The van der Waals surface area contributed by atoms with Crippen molar-refractivity contribution in [1.82, 2.24) is 58.6 Å². The van der Waals surface area contributed by atoms with Crippen molar-refractivity contribution in [3.63, 3.8) is 0 Å². The Morgan fingerprint density at radius 1 is 0.636 bits per heavy atom. The standard InChI is InChI=1S/C48H66FN7O6Si.C25H36BrN7O3/c1-30(2)63(31(3)4,32(5)6)23-18-37-38(49)17-14-33-24-36(60-29-58-11)25-39(40(33)37)61-45-51-42-41(53(45)10)43(52-44(50-42)59-28-48-19-12-21-55(48)22-13-20-48)54-26-34-15-16-35(27-54)56(34)46(57)62-47(7,8)9;1-24(2,3)36-23(34)33-16-7-8-17(33)14-31(13-16)20-18-19(27-21(26)30(18)4)28-22(29-20)35-15-25-9-5-11-32(25)12-6-10-25/h14,17,24-25,30-32,34-35H,12-13,15-16,19-22,26-29H2,1-11H3;16-17H,5-15H2,1-4H3. The van der Waals surface area contributed by atoms with Crippen LogP contribution in [0.15, 0.2) is 29.0 Å². The second kappa shape index (κ2) is 27.5. The van der Waals surface area contributed by atoms with Gasteiger partial charge in [-0.1, -0.05) is 53.5 Å². The minimum Gasteiger partial charge on any atom is -0.467 e. The molecule has 4 bridgehead atoms. The van der Waals surface area contributed by atoms with E-state index in [1.807, 2.05) is 80.6 Å². The maximum absolute atomic E-state index is 16.3. The zero-order valence-electron chi connectivity index (χ0n) is 60.8. The highest BCUT2D eigenvalue weighted by Crippen LogP contribution is 2.46. The second-order valence-corrected chi connectivity index (χ2v) is 38.2. The summed E-state index contributed by atoms with van der Waals surface area (Å²) in [6, 6.07) is 7.73. The summed E-state index contributed by atoms with van der Waals surface area (Å²) in [4.78, 5) is 69.3. The Hall–Kier alpha value is -6.79. The first-order valence-electron chi connectivity index (χ1n) is 36.1. The van der Waals surface area contributed by atoms with E-state index in [1.54, 1.807) is 19.2 Å². The largest absolute Gasteiger partial charge is 0.467 e. The van der Waals surface area contributed by atoms with Crippen LogP contribution in [0.1, 0.15) is 166 Å². The summed E-state index contributed by atoms with van der Waals surface area (Å²) in [6.45, 7) is 33.0. The third-order valence-corrected chi connectivity index (χ3v) is 29.4. The van der Waals surface area contributed by atoms with Gasteiger partial charge in [-0.15, -0.1) is 5.54 Å². The summed E-state index contributed by atoms with van der Waals surface area (Å²) < 4.78 is 63.4. The molecule has 2 amide bonds. The Labute approximate surface area is 591 Å². The van der Waals surface area contributed by atoms with Crippen LogP contribution in [-0.4, -0.2) is 205 Å². The Kier molecular flexibility index (Phi) is 19.6. The topological polar surface area (TPSA) is 205 Å². The number of rotatable bonds is 16. The van der Waals surface area contributed by atoms with Gasteiger partial charge < -0.3 is 47.5 Å². The number of fused-ring (bicyclic) bond motifs is 9. The average molecular weight is 1450 g/mol. The smallest absolute Gasteiger partial charge is 0.410 e. The molecule has 14 rings (SSSR count). The molecule has 2 aromatic carbocycles. The predicted octanol–water partition coefficient (Wildman–Crippen LogP) is 13.3. The van der Waals surface area contributed by atoms with Gasteiger partial charge in [0.05, 0.1) is 40.8 Å². The first-order chi connectivity index (χ1) is 47.1. The normalized spacial score (nSPS) is 22.0. The zero-order valence-corrected chi connectivity index (χ0v) is 63.4. The summed E-state index contributed by atoms with van der Waals surface area (Å²) in [5, 5.41) is 1.23. The van der Waals surface area contributed by atoms with Crippen molar-refractivity contribution in [2.45, 2.75) is 223 Å². The number of carbonyl (C=O) groups is 2. The number of ether oxygens (including phenoxy) is 7. The van der Waals surface area contributed by atoms with E-state index in [2.05, 4.69) is 93.5 Å². The van der Waals surface area contributed by atoms with Crippen molar-refractivity contribution in [1.29, 1.82) is 0 Å². The lowest BCUT2D eigenvalue weighted by Crippen LogP contribution is -2.57. The highest BCUT2D eigenvalue weighted by atomic mass is 79.9. The van der Waals surface area contributed by atoms with Gasteiger partial charge in [-0.3, -0.25) is 24.2 Å². The molecular weight excluding hydrogens is 1340 g/mol. The number of hydrogen-bond acceptors (Lipinski definition) is 19. The molecular formula is C73H102BrFN14O9Si. The molecule has 12 heterocycles. The number of methoxy groups -OCH3 is 1. The van der Waals surface area contributed by atoms with E-state index in [1.165, 1.54) is 31.7 Å². The fourth-order valence-electron chi connectivity index (χ4n) is 17.9. The lowest BCUT2D eigenvalue weighted by molar-refractivity contribution is 0.0111. The molecule has 8 fully saturated rings. The molecule has 26 heteroatoms. The summed E-state index contributed by atoms with van der Waals surface area (Å²) >= 11 is 3.56. The number of anilines is 2. The fraction of sp³-hybridized carbons (Fsp3) is 0.671. The molecule has 6 aromatic rings. The number of halogens is 2. The molecule has 0 N–H and O–H groups in total. The number of piperazine rings is 2. The van der Waals surface area contributed by atoms with Crippen LogP contribution in [0.25, 0.3) is 33.1 Å². The molecule has 0 spiro atoms. The Balaban J connectivity index is 0.000000206. The van der Waals surface area contributed by atoms with Crippen LogP contribution < -0.4 is 28.7 Å². The van der Waals surface area contributed by atoms with E-state index in [0.717, 1.165) is 88.9 Å². The van der Waals surface area contributed by atoms with E-state index in [-0.39, 0.29) is 71.8 Å². The highest BCUT2D eigenvalue weighted by molar-refractivity contribution is 9.10. The SMILES string of the molecule is COCOc1cc(Oc2nc3nc(OCC45CCCN4CCC5)nc(N4CC5CCC(C4)N5C(=O)OC(C)(C)C)c3n2C)c2c(C#C[Si](C(C)C)(C(C)C)C(C)C)c(F)ccc2c1.Cn1c(Br)nc2nc(OCC34CCCN3CCC4)nc(N3CC4CCC(C3)N4C(=O)OC(C)(C)C)c21. The molecule has 0 aliphatic carbocycles. The fourth-order valence-corrected chi connectivity index (χ4v) is 23.5. The highest BCUT2D eigenvalue weighted by Gasteiger charge is 2.50. The minimum atomic E-state index is -2.24. The predicted molar refractivity (Wildman–Crippen MR) is 385 cm³/mol. The number of amides is 2. The first kappa shape index (κ1) is 70.6. The van der Waals surface area contributed by atoms with E-state index in [9.17, 15) is 9.59 Å². The van der Waals surface area contributed by atoms with E-state index >= 15 is 4.39 Å². The number of imidazole rings is 2. The molecule has 99 heavy (non-hydrogen) atoms. The van der Waals surface area contributed by atoms with E-state index < -0.39 is 25.1 Å². The van der Waals surface area contributed by atoms with Gasteiger partial charge >= 0.3 is 30.2 Å². The Bertz CT molecular complexity index is 4020. The van der Waals surface area contributed by atoms with Gasteiger partial charge in [0.2, 0.25) is 0 Å². The van der Waals surface area contributed by atoms with Crippen LogP contribution in [0.5, 0.6) is 29.5 Å². The number of benzene rings is 2. The first-order valence-corrected chi connectivity index (χ1v) is 39.1. The molecule has 0 radical (unpaired) electrons. The Morgan fingerprint density at radius 3 is 1.54 bits per heavy atom. The minimum absolute atomic E-state index is 0.0104. The van der Waals surface area contributed by atoms with Crippen molar-refractivity contribution < 1.29 is 47.1 Å². The van der Waals surface area contributed by atoms with Crippen molar-refractivity contribution in [3.8, 4) is 41.0 Å². The molecule has 0 saturated carbocycles. The quantitative estimate of drug-likeness (QED) is 0.0382. The van der Waals surface area contributed by atoms with Crippen molar-refractivity contribution in [2.75, 3.05) is 89.3 Å². The number of aromatic nitrogens is 8. The van der Waals surface area contributed by atoms with Crippen molar-refractivity contribution in [3.05, 3.63) is 40.4 Å². The second-order valence-electron chi connectivity index (χ2n) is 31.9. The zero-order chi connectivity index (χ0) is 70.3. The summed E-state index contributed by atoms with van der Waals surface area (Å²) in [7, 11) is 3.16. The third-order valence-electron chi connectivity index (χ3n) is 22.4. The average Bonchev–Trinajstić information content (AvgIpc) is 1.68. The molecule has 8 aliphatic heterocycles. The van der Waals surface area contributed by atoms with Crippen LogP contribution in [0, 0.1) is 17.3 Å². The molecule has 8 saturated heterocycles. The number of hydrogen-bond donors (Lipinski definition) is 0. The number of carbonyl (C=O) groups excluding carboxylic acids is 2. The van der Waals surface area contributed by atoms with E-state index in [4.69, 9.17) is 58.1 Å². The van der Waals surface area contributed by atoms with Crippen LogP contribution in [0.2, 0.25) is 16.6 Å². The van der Waals surface area contributed by atoms with Crippen LogP contribution in [-0.2, 0) is 28.3 Å². The van der Waals surface area contributed by atoms with Crippen molar-refractivity contribution in [2.24, 2.45) is 14.1 Å². The van der Waals surface area contributed by atoms with Gasteiger partial charge in [-0.2, -0.15) is 24.9 Å². The van der Waals surface area contributed by atoms with Gasteiger partial charge in [0.1, 0.15) is 60.8 Å². The number of nitrogens with zero attached hydrogens (tertiary/aromatic N) is 14. The van der Waals surface area contributed by atoms with Crippen molar-refractivity contribution >= 4 is 80.9 Å². The van der Waals surface area contributed by atoms with Crippen LogP contribution >= 0.6 is 15.9 Å². The van der Waals surface area contributed by atoms with Gasteiger partial charge in [0, 0.05) is 58.8 Å². The molecule has 4 atom stereocenters. The molecule has 4 unspecified atom stereocenters. The third kappa shape index (κ3) is 13.7. The lowest BCUT2D eigenvalue weighted by Gasteiger charge is -2.41. The summed E-state index contributed by atoms with van der Waals surface area (Å²) in [6.07, 6.45) is 12.4. The maximum atomic E-state index is 16.3. The molecule has 4 aromatic heterocycles. The van der Waals surface area contributed by atoms with Gasteiger partial charge in [0.25, 0.3) is 0 Å². The Morgan fingerprint density at radius 2 is 1.09 bits per heavy atom. The lowest BCUT2D eigenvalue weighted by atomic mass is 9.95. The van der Waals surface area contributed by atoms with Crippen LogP contribution in [0.4, 0.5) is 25.6 Å². The van der Waals surface area contributed by atoms with Gasteiger partial charge in [-0.05, 0) is 195 Å². The monoisotopic (exact) mass is 1440 g/mol. The molecule has 8 aliphatic rings. The molecule has 23 nitrogen and oxygen atoms in total.